The highest BCUT2D eigenvalue weighted by Gasteiger charge is 2.26. The molecule has 6 nitrogen and oxygen atoms in total. The Morgan fingerprint density at radius 2 is 2.00 bits per heavy atom. The lowest BCUT2D eigenvalue weighted by Crippen LogP contribution is -2.31. The van der Waals surface area contributed by atoms with Crippen molar-refractivity contribution < 1.29 is 4.42 Å². The quantitative estimate of drug-likeness (QED) is 0.455. The predicted molar refractivity (Wildman–Crippen MR) is 115 cm³/mol. The van der Waals surface area contributed by atoms with Crippen molar-refractivity contribution in [3.63, 3.8) is 0 Å². The third kappa shape index (κ3) is 2.61. The second-order valence-electron chi connectivity index (χ2n) is 7.97. The molecule has 1 aliphatic heterocycles. The maximum absolute atomic E-state index is 12.8. The van der Waals surface area contributed by atoms with Crippen molar-refractivity contribution in [3.05, 3.63) is 100 Å². The number of aromatic nitrogens is 3. The number of benzene rings is 2. The molecule has 0 saturated carbocycles. The summed E-state index contributed by atoms with van der Waals surface area (Å²) in [7, 11) is 2.13. The van der Waals surface area contributed by atoms with Gasteiger partial charge in [-0.15, -0.1) is 5.10 Å². The number of fused-ring (bicyclic) bond motifs is 3. The Bertz CT molecular complexity index is 1460. The fourth-order valence-electron chi connectivity index (χ4n) is 4.53. The molecule has 1 atom stereocenters. The molecule has 0 saturated heterocycles. The van der Waals surface area contributed by atoms with Gasteiger partial charge in [-0.25, -0.2) is 9.20 Å². The van der Waals surface area contributed by atoms with E-state index in [1.807, 2.05) is 30.3 Å². The normalized spacial score (nSPS) is 16.9. The van der Waals surface area contributed by atoms with Crippen LogP contribution in [0.15, 0.2) is 82.3 Å². The number of likely N-dealkylation sites (N-methyl/N-ethyl adjacent to an activating group) is 1. The molecule has 148 valence electrons. The van der Waals surface area contributed by atoms with Gasteiger partial charge in [0.15, 0.2) is 5.65 Å². The number of hydrogen-bond donors (Lipinski definition) is 0. The smallest absolute Gasteiger partial charge is 0.355 e. The van der Waals surface area contributed by atoms with Crippen molar-refractivity contribution in [2.75, 3.05) is 13.6 Å². The molecule has 2 aromatic carbocycles. The first-order valence-corrected chi connectivity index (χ1v) is 10.0. The zero-order chi connectivity index (χ0) is 20.2. The average Bonchev–Trinajstić information content (AvgIpc) is 3.37. The highest BCUT2D eigenvalue weighted by Crippen LogP contribution is 2.35. The summed E-state index contributed by atoms with van der Waals surface area (Å²) in [6.45, 7) is 1.78. The van der Waals surface area contributed by atoms with Gasteiger partial charge in [0.2, 0.25) is 0 Å². The van der Waals surface area contributed by atoms with E-state index in [1.165, 1.54) is 21.4 Å². The summed E-state index contributed by atoms with van der Waals surface area (Å²) in [6.07, 6.45) is 3.47. The molecule has 1 aliphatic rings. The van der Waals surface area contributed by atoms with Gasteiger partial charge >= 0.3 is 5.69 Å². The van der Waals surface area contributed by atoms with Crippen LogP contribution >= 0.6 is 0 Å². The fourth-order valence-corrected chi connectivity index (χ4v) is 4.53. The third-order valence-corrected chi connectivity index (χ3v) is 5.99. The van der Waals surface area contributed by atoms with E-state index < -0.39 is 0 Å². The summed E-state index contributed by atoms with van der Waals surface area (Å²) in [5.74, 6) is 0.250. The van der Waals surface area contributed by atoms with Crippen molar-refractivity contribution >= 4 is 16.6 Å². The molecule has 0 radical (unpaired) electrons. The molecule has 0 bridgehead atoms. The molecular formula is C24H20N4O2. The topological polar surface area (TPSA) is 55.7 Å². The standard InChI is InChI=1S/C24H20N4O2/c1-26-14-18-12-19(28-24(29)27-10-3-2-4-23(27)25-28)7-8-20(18)21(15-26)17-6-5-16-9-11-30-22(16)13-17/h2-13,21H,14-15H2,1H3. The van der Waals surface area contributed by atoms with E-state index in [1.54, 1.807) is 16.9 Å². The minimum Gasteiger partial charge on any atom is -0.464 e. The largest absolute Gasteiger partial charge is 0.464 e. The maximum atomic E-state index is 12.8. The Balaban J connectivity index is 1.46. The first-order valence-electron chi connectivity index (χ1n) is 10.0. The van der Waals surface area contributed by atoms with Crippen LogP contribution in [0.5, 0.6) is 0 Å². The van der Waals surface area contributed by atoms with E-state index in [9.17, 15) is 4.79 Å². The lowest BCUT2D eigenvalue weighted by Gasteiger charge is -2.33. The molecule has 6 heteroatoms. The first-order chi connectivity index (χ1) is 14.7. The van der Waals surface area contributed by atoms with Gasteiger partial charge in [-0.1, -0.05) is 24.3 Å². The summed E-state index contributed by atoms with van der Waals surface area (Å²) in [5.41, 5.74) is 5.93. The van der Waals surface area contributed by atoms with Crippen molar-refractivity contribution in [1.82, 2.24) is 19.1 Å². The van der Waals surface area contributed by atoms with Crippen molar-refractivity contribution in [2.24, 2.45) is 0 Å². The van der Waals surface area contributed by atoms with Gasteiger partial charge < -0.3 is 9.32 Å². The minimum atomic E-state index is -0.158. The average molecular weight is 396 g/mol. The van der Waals surface area contributed by atoms with E-state index in [-0.39, 0.29) is 11.6 Å². The lowest BCUT2D eigenvalue weighted by atomic mass is 9.84. The number of rotatable bonds is 2. The SMILES string of the molecule is CN1Cc2cc(-n3nc4ccccn4c3=O)ccc2C(c2ccc3ccoc3c2)C1. The molecule has 0 fully saturated rings. The second-order valence-corrected chi connectivity index (χ2v) is 7.97. The zero-order valence-electron chi connectivity index (χ0n) is 16.5. The molecule has 0 spiro atoms. The number of hydrogen-bond acceptors (Lipinski definition) is 4. The van der Waals surface area contributed by atoms with E-state index in [2.05, 4.69) is 47.4 Å². The minimum absolute atomic E-state index is 0.158. The highest BCUT2D eigenvalue weighted by molar-refractivity contribution is 5.78. The summed E-state index contributed by atoms with van der Waals surface area (Å²) >= 11 is 0. The third-order valence-electron chi connectivity index (χ3n) is 5.99. The number of furan rings is 1. The van der Waals surface area contributed by atoms with Crippen molar-refractivity contribution in [1.29, 1.82) is 0 Å². The molecule has 3 aromatic heterocycles. The second kappa shape index (κ2) is 6.43. The predicted octanol–water partition coefficient (Wildman–Crippen LogP) is 3.81. The van der Waals surface area contributed by atoms with E-state index >= 15 is 0 Å². The molecule has 30 heavy (non-hydrogen) atoms. The number of pyridine rings is 1. The lowest BCUT2D eigenvalue weighted by molar-refractivity contribution is 0.295. The molecule has 0 amide bonds. The Labute approximate surface area is 172 Å². The van der Waals surface area contributed by atoms with E-state index in [0.717, 1.165) is 29.7 Å². The van der Waals surface area contributed by atoms with Gasteiger partial charge in [0.05, 0.1) is 12.0 Å². The zero-order valence-corrected chi connectivity index (χ0v) is 16.5. The van der Waals surface area contributed by atoms with Gasteiger partial charge in [0.25, 0.3) is 0 Å². The van der Waals surface area contributed by atoms with Crippen LogP contribution in [0.3, 0.4) is 0 Å². The van der Waals surface area contributed by atoms with E-state index in [4.69, 9.17) is 4.42 Å². The molecule has 1 unspecified atom stereocenters. The Kier molecular flexibility index (Phi) is 3.70. The van der Waals surface area contributed by atoms with Gasteiger partial charge in [-0.2, -0.15) is 4.68 Å². The van der Waals surface area contributed by atoms with Crippen LogP contribution in [0, 0.1) is 0 Å². The van der Waals surface area contributed by atoms with E-state index in [0.29, 0.717) is 5.65 Å². The van der Waals surface area contributed by atoms with Gasteiger partial charge in [0.1, 0.15) is 5.58 Å². The van der Waals surface area contributed by atoms with Crippen LogP contribution in [0.1, 0.15) is 22.6 Å². The van der Waals surface area contributed by atoms with Crippen LogP contribution < -0.4 is 5.69 Å². The van der Waals surface area contributed by atoms with Gasteiger partial charge in [-0.3, -0.25) is 0 Å². The Morgan fingerprint density at radius 3 is 2.90 bits per heavy atom. The van der Waals surface area contributed by atoms with Crippen LogP contribution in [-0.2, 0) is 6.54 Å². The van der Waals surface area contributed by atoms with Crippen LogP contribution in [0.2, 0.25) is 0 Å². The molecule has 4 heterocycles. The molecule has 6 rings (SSSR count). The van der Waals surface area contributed by atoms with Crippen molar-refractivity contribution in [2.45, 2.75) is 12.5 Å². The molecule has 0 N–H and O–H groups in total. The van der Waals surface area contributed by atoms with Crippen LogP contribution in [0.25, 0.3) is 22.3 Å². The summed E-state index contributed by atoms with van der Waals surface area (Å²) in [5, 5.41) is 5.61. The maximum Gasteiger partial charge on any atom is 0.355 e. The van der Waals surface area contributed by atoms with Crippen LogP contribution in [-0.4, -0.2) is 32.7 Å². The summed E-state index contributed by atoms with van der Waals surface area (Å²) in [4.78, 5) is 15.1. The van der Waals surface area contributed by atoms with Gasteiger partial charge in [0, 0.05) is 30.6 Å². The molecule has 0 aliphatic carbocycles. The van der Waals surface area contributed by atoms with Crippen LogP contribution in [0.4, 0.5) is 0 Å². The summed E-state index contributed by atoms with van der Waals surface area (Å²) < 4.78 is 8.66. The number of nitrogens with zero attached hydrogens (tertiary/aromatic N) is 4. The fraction of sp³-hybridized carbons (Fsp3) is 0.167. The first kappa shape index (κ1) is 17.2. The Morgan fingerprint density at radius 1 is 1.07 bits per heavy atom. The van der Waals surface area contributed by atoms with Gasteiger partial charge in [-0.05, 0) is 60.1 Å². The highest BCUT2D eigenvalue weighted by atomic mass is 16.3. The van der Waals surface area contributed by atoms with Crippen molar-refractivity contribution in [3.8, 4) is 5.69 Å². The summed E-state index contributed by atoms with van der Waals surface area (Å²) in [6, 6.07) is 20.2. The molecule has 5 aromatic rings. The Hall–Kier alpha value is -3.64. The monoisotopic (exact) mass is 396 g/mol. The molecular weight excluding hydrogens is 376 g/mol.